The molecule has 0 saturated carbocycles. The van der Waals surface area contributed by atoms with Crippen molar-refractivity contribution in [2.75, 3.05) is 5.73 Å². The molecule has 8 heteroatoms. The van der Waals surface area contributed by atoms with Gasteiger partial charge in [-0.05, 0) is 41.7 Å². The number of benzene rings is 3. The van der Waals surface area contributed by atoms with Gasteiger partial charge in [0, 0.05) is 48.6 Å². The van der Waals surface area contributed by atoms with E-state index in [1.165, 1.54) is 5.56 Å². The van der Waals surface area contributed by atoms with Crippen molar-refractivity contribution in [3.63, 3.8) is 0 Å². The van der Waals surface area contributed by atoms with Crippen LogP contribution in [0.2, 0.25) is 0 Å². The summed E-state index contributed by atoms with van der Waals surface area (Å²) in [6, 6.07) is 28.0. The maximum Gasteiger partial charge on any atom is 0.407 e. The van der Waals surface area contributed by atoms with Crippen molar-refractivity contribution in [3.8, 4) is 0 Å². The van der Waals surface area contributed by atoms with E-state index in [9.17, 15) is 14.4 Å². The van der Waals surface area contributed by atoms with Crippen molar-refractivity contribution in [2.45, 2.75) is 38.8 Å². The molecule has 0 bridgehead atoms. The van der Waals surface area contributed by atoms with Gasteiger partial charge in [-0.2, -0.15) is 0 Å². The van der Waals surface area contributed by atoms with Crippen LogP contribution in [0.1, 0.15) is 45.5 Å². The van der Waals surface area contributed by atoms with Crippen molar-refractivity contribution in [2.24, 2.45) is 0 Å². The van der Waals surface area contributed by atoms with E-state index < -0.39 is 12.1 Å². The number of Topliss-reactive ketones (excluding diaryl/α,β-unsaturated/α-hetero) is 1. The van der Waals surface area contributed by atoms with Gasteiger partial charge in [-0.3, -0.25) is 14.6 Å². The number of aromatic nitrogens is 1. The van der Waals surface area contributed by atoms with E-state index >= 15 is 0 Å². The molecule has 206 valence electrons. The number of para-hydroxylation sites is 1. The van der Waals surface area contributed by atoms with E-state index in [1.807, 2.05) is 66.7 Å². The summed E-state index contributed by atoms with van der Waals surface area (Å²) in [5.41, 5.74) is 10.8. The Morgan fingerprint density at radius 2 is 1.52 bits per heavy atom. The second kappa shape index (κ2) is 16.1. The molecule has 4 rings (SSSR count). The predicted molar refractivity (Wildman–Crippen MR) is 154 cm³/mol. The predicted octanol–water partition coefficient (Wildman–Crippen LogP) is 5.61. The Balaban J connectivity index is 0.000000307. The highest BCUT2D eigenvalue weighted by atomic mass is 16.5. The molecule has 8 nitrogen and oxygen atoms in total. The zero-order chi connectivity index (χ0) is 28.6. The lowest BCUT2D eigenvalue weighted by Crippen LogP contribution is -2.23. The Bertz CT molecular complexity index is 1360. The number of aliphatic carboxylic acids is 1. The molecule has 40 heavy (non-hydrogen) atoms. The van der Waals surface area contributed by atoms with Gasteiger partial charge in [0.2, 0.25) is 0 Å². The number of nitrogens with one attached hydrogen (secondary N) is 1. The highest BCUT2D eigenvalue weighted by molar-refractivity contribution is 5.98. The lowest BCUT2D eigenvalue weighted by Gasteiger charge is -2.08. The highest BCUT2D eigenvalue weighted by Crippen LogP contribution is 2.15. The Morgan fingerprint density at radius 3 is 2.20 bits per heavy atom. The zero-order valence-corrected chi connectivity index (χ0v) is 22.2. The molecule has 3 aromatic carbocycles. The van der Waals surface area contributed by atoms with Gasteiger partial charge in [0.05, 0.1) is 0 Å². The molecule has 0 aliphatic rings. The van der Waals surface area contributed by atoms with Crippen LogP contribution >= 0.6 is 0 Å². The number of ketones is 1. The number of alkyl carbamates (subject to hydrolysis) is 1. The van der Waals surface area contributed by atoms with Crippen molar-refractivity contribution in [1.29, 1.82) is 0 Å². The number of carboxylic acid groups (broad SMARTS) is 1. The van der Waals surface area contributed by atoms with Crippen LogP contribution in [-0.4, -0.2) is 27.9 Å². The van der Waals surface area contributed by atoms with Crippen molar-refractivity contribution < 1.29 is 24.2 Å². The van der Waals surface area contributed by atoms with Crippen molar-refractivity contribution in [1.82, 2.24) is 10.3 Å². The molecule has 4 aromatic rings. The van der Waals surface area contributed by atoms with E-state index in [1.54, 1.807) is 36.7 Å². The molecule has 0 spiro atoms. The standard InChI is InChI=1S/C22H21N3O3.C10H12O2/c23-20-6-2-1-5-19(20)12-21(26)18-9-7-16(8-10-18)14-25-22(27)28-15-17-4-3-11-24-13-17;11-10(12)8-4-7-9-5-2-1-3-6-9/h1-11,13H,12,14-15,23H2,(H,25,27);1-3,5-6H,4,7-8H2,(H,11,12). The number of amides is 1. The molecule has 0 fully saturated rings. The second-order valence-corrected chi connectivity index (χ2v) is 9.02. The van der Waals surface area contributed by atoms with Gasteiger partial charge in [-0.25, -0.2) is 4.79 Å². The average Bonchev–Trinajstić information content (AvgIpc) is 2.98. The summed E-state index contributed by atoms with van der Waals surface area (Å²) in [7, 11) is 0. The Hall–Kier alpha value is -4.98. The lowest BCUT2D eigenvalue weighted by molar-refractivity contribution is -0.137. The molecule has 0 unspecified atom stereocenters. The van der Waals surface area contributed by atoms with Gasteiger partial charge < -0.3 is 20.9 Å². The average molecular weight is 540 g/mol. The van der Waals surface area contributed by atoms with Crippen LogP contribution in [0.15, 0.2) is 103 Å². The first-order valence-corrected chi connectivity index (χ1v) is 12.9. The summed E-state index contributed by atoms with van der Waals surface area (Å²) in [5, 5.41) is 11.1. The summed E-state index contributed by atoms with van der Waals surface area (Å²) in [5.74, 6) is -0.723. The number of nitrogen functional groups attached to an aromatic ring is 1. The minimum atomic E-state index is -0.717. The number of hydrogen-bond donors (Lipinski definition) is 3. The van der Waals surface area contributed by atoms with Gasteiger partial charge in [0.25, 0.3) is 0 Å². The third-order valence-corrected chi connectivity index (χ3v) is 5.91. The first-order chi connectivity index (χ1) is 19.4. The van der Waals surface area contributed by atoms with Crippen LogP contribution < -0.4 is 11.1 Å². The van der Waals surface area contributed by atoms with Crippen molar-refractivity contribution >= 4 is 23.5 Å². The fourth-order valence-corrected chi connectivity index (χ4v) is 3.72. The molecular formula is C32H33N3O5. The summed E-state index contributed by atoms with van der Waals surface area (Å²) in [6.45, 7) is 0.474. The van der Waals surface area contributed by atoms with Crippen LogP contribution in [0.4, 0.5) is 10.5 Å². The number of carbonyl (C=O) groups is 3. The van der Waals surface area contributed by atoms with Gasteiger partial charge in [-0.1, -0.05) is 78.9 Å². The maximum absolute atomic E-state index is 12.4. The molecule has 0 radical (unpaired) electrons. The van der Waals surface area contributed by atoms with E-state index in [-0.39, 0.29) is 25.2 Å². The molecule has 1 aromatic heterocycles. The third kappa shape index (κ3) is 10.8. The number of hydrogen-bond acceptors (Lipinski definition) is 6. The number of carboxylic acids is 1. The number of nitrogens with zero attached hydrogens (tertiary/aromatic N) is 1. The largest absolute Gasteiger partial charge is 0.481 e. The third-order valence-electron chi connectivity index (χ3n) is 5.91. The Morgan fingerprint density at radius 1 is 0.825 bits per heavy atom. The van der Waals surface area contributed by atoms with Crippen LogP contribution in [-0.2, 0) is 35.5 Å². The van der Waals surface area contributed by atoms with Crippen molar-refractivity contribution in [3.05, 3.63) is 131 Å². The number of aryl methyl sites for hydroxylation is 1. The van der Waals surface area contributed by atoms with Crippen LogP contribution in [0.3, 0.4) is 0 Å². The molecule has 4 N–H and O–H groups in total. The van der Waals surface area contributed by atoms with E-state index in [0.29, 0.717) is 17.8 Å². The van der Waals surface area contributed by atoms with E-state index in [4.69, 9.17) is 15.6 Å². The number of rotatable bonds is 11. The molecule has 1 amide bonds. The fraction of sp³-hybridized carbons (Fsp3) is 0.188. The molecule has 0 atom stereocenters. The topological polar surface area (TPSA) is 132 Å². The lowest BCUT2D eigenvalue weighted by atomic mass is 10.0. The van der Waals surface area contributed by atoms with Crippen LogP contribution in [0.25, 0.3) is 0 Å². The minimum Gasteiger partial charge on any atom is -0.481 e. The highest BCUT2D eigenvalue weighted by Gasteiger charge is 2.09. The minimum absolute atomic E-state index is 0.00621. The Kier molecular flexibility index (Phi) is 11.9. The second-order valence-electron chi connectivity index (χ2n) is 9.02. The van der Waals surface area contributed by atoms with Gasteiger partial charge in [0.1, 0.15) is 6.61 Å². The molecular weight excluding hydrogens is 506 g/mol. The van der Waals surface area contributed by atoms with Crippen LogP contribution in [0.5, 0.6) is 0 Å². The Labute approximate surface area is 233 Å². The number of carbonyl (C=O) groups excluding carboxylic acids is 2. The van der Waals surface area contributed by atoms with Crippen LogP contribution in [0, 0.1) is 0 Å². The quantitative estimate of drug-likeness (QED) is 0.167. The van der Waals surface area contributed by atoms with Gasteiger partial charge >= 0.3 is 12.1 Å². The molecule has 1 heterocycles. The first kappa shape index (κ1) is 29.6. The smallest absolute Gasteiger partial charge is 0.407 e. The van der Waals surface area contributed by atoms with Gasteiger partial charge in [0.15, 0.2) is 5.78 Å². The first-order valence-electron chi connectivity index (χ1n) is 12.9. The van der Waals surface area contributed by atoms with E-state index in [0.717, 1.165) is 29.5 Å². The maximum atomic E-state index is 12.4. The fourth-order valence-electron chi connectivity index (χ4n) is 3.72. The number of pyridine rings is 1. The number of ether oxygens (including phenoxy) is 1. The normalized spacial score (nSPS) is 10.1. The summed E-state index contributed by atoms with van der Waals surface area (Å²) in [6.07, 6.45) is 4.88. The SMILES string of the molecule is Nc1ccccc1CC(=O)c1ccc(CNC(=O)OCc2cccnc2)cc1.O=C(O)CCCc1ccccc1. The summed E-state index contributed by atoms with van der Waals surface area (Å²) < 4.78 is 5.13. The van der Waals surface area contributed by atoms with E-state index in [2.05, 4.69) is 10.3 Å². The zero-order valence-electron chi connectivity index (χ0n) is 22.2. The molecule has 0 aliphatic carbocycles. The molecule has 0 aliphatic heterocycles. The number of anilines is 1. The summed E-state index contributed by atoms with van der Waals surface area (Å²) >= 11 is 0. The number of nitrogens with two attached hydrogens (primary N) is 1. The molecule has 0 saturated heterocycles. The monoisotopic (exact) mass is 539 g/mol. The summed E-state index contributed by atoms with van der Waals surface area (Å²) in [4.78, 5) is 38.3. The van der Waals surface area contributed by atoms with Gasteiger partial charge in [-0.15, -0.1) is 0 Å².